The first kappa shape index (κ1) is 15.0. The molecule has 0 fully saturated rings. The van der Waals surface area contributed by atoms with E-state index in [9.17, 15) is 40.8 Å². The minimum absolute atomic E-state index is 0.339. The van der Waals surface area contributed by atoms with Crippen molar-refractivity contribution in [3.05, 3.63) is 33.6 Å². The van der Waals surface area contributed by atoms with Crippen LogP contribution >= 0.6 is 0 Å². The monoisotopic (exact) mass is 293 g/mol. The summed E-state index contributed by atoms with van der Waals surface area (Å²) in [4.78, 5) is 8.82. The number of hydrogen-bond acceptors (Lipinski definition) is 3. The lowest BCUT2D eigenvalue weighted by Crippen LogP contribution is -2.19. The van der Waals surface area contributed by atoms with Crippen LogP contribution in [0.15, 0.2) is 12.1 Å². The zero-order chi connectivity index (χ0) is 15.0. The maximum absolute atomic E-state index is 13.0. The minimum atomic E-state index is -5.41. The first-order chi connectivity index (χ1) is 8.42. The molecule has 0 N–H and O–H groups in total. The second-order valence-electron chi connectivity index (χ2n) is 3.10. The van der Waals surface area contributed by atoms with E-state index in [0.29, 0.717) is 0 Å². The summed E-state index contributed by atoms with van der Waals surface area (Å²) in [7, 11) is 0. The van der Waals surface area contributed by atoms with Crippen LogP contribution in [0.25, 0.3) is 0 Å². The molecule has 0 saturated carbocycles. The fourth-order valence-electron chi connectivity index (χ4n) is 1.11. The average Bonchev–Trinajstić information content (AvgIpc) is 2.11. The van der Waals surface area contributed by atoms with Crippen molar-refractivity contribution < 1.29 is 40.4 Å². The van der Waals surface area contributed by atoms with Crippen molar-refractivity contribution in [1.82, 2.24) is 0 Å². The molecule has 0 aliphatic heterocycles. The van der Waals surface area contributed by atoms with Crippen LogP contribution in [0.4, 0.5) is 36.4 Å². The predicted molar refractivity (Wildman–Crippen MR) is 44.7 cm³/mol. The van der Waals surface area contributed by atoms with Crippen molar-refractivity contribution in [3.8, 4) is 5.75 Å². The minimum Gasteiger partial charge on any atom is -0.398 e. The lowest BCUT2D eigenvalue weighted by Gasteiger charge is -2.12. The smallest absolute Gasteiger partial charge is 0.398 e. The van der Waals surface area contributed by atoms with Gasteiger partial charge >= 0.3 is 18.2 Å². The van der Waals surface area contributed by atoms with Gasteiger partial charge < -0.3 is 4.74 Å². The Balaban J connectivity index is 3.42. The summed E-state index contributed by atoms with van der Waals surface area (Å²) in [5.74, 6) is -3.78. The summed E-state index contributed by atoms with van der Waals surface area (Å²) in [5, 5.41) is 10.4. The van der Waals surface area contributed by atoms with Gasteiger partial charge in [-0.3, -0.25) is 10.1 Å². The molecule has 11 heteroatoms. The largest absolute Gasteiger partial charge is 0.573 e. The Bertz CT molecular complexity index is 508. The molecule has 0 atom stereocenters. The van der Waals surface area contributed by atoms with Gasteiger partial charge in [0.15, 0.2) is 0 Å². The average molecular weight is 293 g/mol. The van der Waals surface area contributed by atoms with Crippen molar-refractivity contribution in [3.63, 3.8) is 0 Å². The zero-order valence-electron chi connectivity index (χ0n) is 8.47. The summed E-state index contributed by atoms with van der Waals surface area (Å²) >= 11 is 0. The molecule has 0 spiro atoms. The summed E-state index contributed by atoms with van der Waals surface area (Å²) in [6.45, 7) is 0. The van der Waals surface area contributed by atoms with E-state index in [4.69, 9.17) is 0 Å². The van der Waals surface area contributed by atoms with Gasteiger partial charge in [0.2, 0.25) is 5.75 Å². The Labute approximate surface area is 99.1 Å². The van der Waals surface area contributed by atoms with Crippen molar-refractivity contribution in [2.75, 3.05) is 0 Å². The van der Waals surface area contributed by atoms with E-state index < -0.39 is 40.3 Å². The van der Waals surface area contributed by atoms with E-state index in [-0.39, 0.29) is 12.1 Å². The molecule has 106 valence electrons. The van der Waals surface area contributed by atoms with Crippen LogP contribution in [0.2, 0.25) is 0 Å². The lowest BCUT2D eigenvalue weighted by molar-refractivity contribution is -0.389. The zero-order valence-corrected chi connectivity index (χ0v) is 8.47. The topological polar surface area (TPSA) is 52.4 Å². The number of halogens is 7. The highest BCUT2D eigenvalue weighted by Gasteiger charge is 2.40. The Morgan fingerprint density at radius 2 is 1.63 bits per heavy atom. The third kappa shape index (κ3) is 3.69. The van der Waals surface area contributed by atoms with Gasteiger partial charge in [0, 0.05) is 12.1 Å². The summed E-state index contributed by atoms with van der Waals surface area (Å²) in [5.41, 5.74) is -3.71. The fraction of sp³-hybridized carbons (Fsp3) is 0.250. The number of benzene rings is 1. The number of nitrogens with zero attached hydrogens (tertiary/aromatic N) is 1. The number of ether oxygens (including phenoxy) is 1. The molecule has 19 heavy (non-hydrogen) atoms. The standard InChI is InChI=1S/C8H2F7NO3/c9-4-2-6(19-8(13,14)15)5(16(17)18)1-3(4)7(10,11)12/h1-2H. The number of rotatable bonds is 2. The molecule has 0 bridgehead atoms. The molecule has 4 nitrogen and oxygen atoms in total. The van der Waals surface area contributed by atoms with Gasteiger partial charge in [-0.1, -0.05) is 0 Å². The summed E-state index contributed by atoms with van der Waals surface area (Å²) < 4.78 is 88.4. The van der Waals surface area contributed by atoms with Gasteiger partial charge in [0.25, 0.3) is 0 Å². The van der Waals surface area contributed by atoms with Crippen molar-refractivity contribution >= 4 is 5.69 Å². The molecule has 0 radical (unpaired) electrons. The molecule has 1 aromatic carbocycles. The van der Waals surface area contributed by atoms with Crippen LogP contribution < -0.4 is 4.74 Å². The molecular weight excluding hydrogens is 291 g/mol. The molecule has 0 aromatic heterocycles. The van der Waals surface area contributed by atoms with E-state index >= 15 is 0 Å². The Hall–Kier alpha value is -2.07. The van der Waals surface area contributed by atoms with Crippen LogP contribution in [0.1, 0.15) is 5.56 Å². The third-order valence-corrected chi connectivity index (χ3v) is 1.78. The van der Waals surface area contributed by atoms with Crippen LogP contribution in [-0.4, -0.2) is 11.3 Å². The van der Waals surface area contributed by atoms with Gasteiger partial charge in [0.05, 0.1) is 10.5 Å². The molecule has 0 heterocycles. The first-order valence-corrected chi connectivity index (χ1v) is 4.22. The number of alkyl halides is 6. The molecule has 0 unspecified atom stereocenters. The lowest BCUT2D eigenvalue weighted by atomic mass is 10.1. The highest BCUT2D eigenvalue weighted by atomic mass is 19.4. The highest BCUT2D eigenvalue weighted by Crippen LogP contribution is 2.39. The van der Waals surface area contributed by atoms with E-state index in [1.54, 1.807) is 0 Å². The second-order valence-corrected chi connectivity index (χ2v) is 3.10. The maximum atomic E-state index is 13.0. The predicted octanol–water partition coefficient (Wildman–Crippen LogP) is 3.65. The van der Waals surface area contributed by atoms with Gasteiger partial charge in [0.1, 0.15) is 5.82 Å². The van der Waals surface area contributed by atoms with E-state index in [1.165, 1.54) is 0 Å². The molecule has 0 saturated heterocycles. The van der Waals surface area contributed by atoms with Gasteiger partial charge in [-0.05, 0) is 0 Å². The first-order valence-electron chi connectivity index (χ1n) is 4.22. The van der Waals surface area contributed by atoms with E-state index in [1.807, 2.05) is 0 Å². The van der Waals surface area contributed by atoms with E-state index in [2.05, 4.69) is 4.74 Å². The maximum Gasteiger partial charge on any atom is 0.573 e. The second kappa shape index (κ2) is 4.55. The Kier molecular flexibility index (Phi) is 3.59. The SMILES string of the molecule is O=[N+]([O-])c1cc(C(F)(F)F)c(F)cc1OC(F)(F)F. The summed E-state index contributed by atoms with van der Waals surface area (Å²) in [6, 6.07) is -0.704. The number of hydrogen-bond donors (Lipinski definition) is 0. The fourth-order valence-corrected chi connectivity index (χ4v) is 1.11. The van der Waals surface area contributed by atoms with Gasteiger partial charge in [-0.25, -0.2) is 4.39 Å². The number of nitro benzene ring substituents is 1. The molecule has 1 aromatic rings. The van der Waals surface area contributed by atoms with Crippen LogP contribution in [-0.2, 0) is 6.18 Å². The van der Waals surface area contributed by atoms with Crippen LogP contribution in [0.3, 0.4) is 0 Å². The normalized spacial score (nSPS) is 12.4. The van der Waals surface area contributed by atoms with Gasteiger partial charge in [-0.2, -0.15) is 13.2 Å². The summed E-state index contributed by atoms with van der Waals surface area (Å²) in [6.07, 6.45) is -10.7. The molecule has 0 aliphatic rings. The highest BCUT2D eigenvalue weighted by molar-refractivity contribution is 5.50. The number of nitro groups is 1. The molecule has 1 rings (SSSR count). The van der Waals surface area contributed by atoms with E-state index in [0.717, 1.165) is 0 Å². The molecule has 0 aliphatic carbocycles. The third-order valence-electron chi connectivity index (χ3n) is 1.78. The Morgan fingerprint density at radius 1 is 1.11 bits per heavy atom. The van der Waals surface area contributed by atoms with Gasteiger partial charge in [-0.15, -0.1) is 13.2 Å². The van der Waals surface area contributed by atoms with Crippen molar-refractivity contribution in [2.24, 2.45) is 0 Å². The molecular formula is C8H2F7NO3. The Morgan fingerprint density at radius 3 is 2.00 bits per heavy atom. The van der Waals surface area contributed by atoms with Crippen molar-refractivity contribution in [1.29, 1.82) is 0 Å². The van der Waals surface area contributed by atoms with Crippen LogP contribution in [0.5, 0.6) is 5.75 Å². The molecule has 0 amide bonds. The van der Waals surface area contributed by atoms with Crippen molar-refractivity contribution in [2.45, 2.75) is 12.5 Å². The van der Waals surface area contributed by atoms with Crippen LogP contribution in [0, 0.1) is 15.9 Å². The quantitative estimate of drug-likeness (QED) is 0.475.